The van der Waals surface area contributed by atoms with Crippen molar-refractivity contribution in [2.24, 2.45) is 5.41 Å². The smallest absolute Gasteiger partial charge is 0.243 e. The van der Waals surface area contributed by atoms with Crippen LogP contribution >= 0.6 is 0 Å². The van der Waals surface area contributed by atoms with Gasteiger partial charge in [0.05, 0.1) is 6.04 Å². The third-order valence-electron chi connectivity index (χ3n) is 3.64. The number of piperidine rings is 1. The summed E-state index contributed by atoms with van der Waals surface area (Å²) in [6.07, 6.45) is 2.08. The Bertz CT molecular complexity index is 486. The second-order valence-electron chi connectivity index (χ2n) is 5.79. The summed E-state index contributed by atoms with van der Waals surface area (Å²) >= 11 is 0. The van der Waals surface area contributed by atoms with Gasteiger partial charge in [-0.05, 0) is 43.9 Å². The largest absolute Gasteiger partial charge is 0.504 e. The first-order valence-corrected chi connectivity index (χ1v) is 6.61. The first-order chi connectivity index (χ1) is 8.90. The van der Waals surface area contributed by atoms with Crippen molar-refractivity contribution in [3.8, 4) is 5.75 Å². The molecule has 1 amide bonds. The minimum Gasteiger partial charge on any atom is -0.504 e. The van der Waals surface area contributed by atoms with E-state index in [2.05, 4.69) is 29.5 Å². The van der Waals surface area contributed by atoms with Gasteiger partial charge < -0.3 is 15.7 Å². The van der Waals surface area contributed by atoms with Gasteiger partial charge in [-0.25, -0.2) is 4.98 Å². The third kappa shape index (κ3) is 3.04. The maximum atomic E-state index is 12.3. The van der Waals surface area contributed by atoms with E-state index in [9.17, 15) is 9.90 Å². The van der Waals surface area contributed by atoms with Crippen molar-refractivity contribution < 1.29 is 9.90 Å². The van der Waals surface area contributed by atoms with Gasteiger partial charge in [0, 0.05) is 5.69 Å². The monoisotopic (exact) mass is 263 g/mol. The van der Waals surface area contributed by atoms with Crippen LogP contribution in [-0.4, -0.2) is 28.6 Å². The topological polar surface area (TPSA) is 74.2 Å². The van der Waals surface area contributed by atoms with Gasteiger partial charge in [-0.2, -0.15) is 0 Å². The van der Waals surface area contributed by atoms with Crippen molar-refractivity contribution >= 4 is 11.7 Å². The van der Waals surface area contributed by atoms with Gasteiger partial charge in [0.25, 0.3) is 0 Å². The molecule has 1 unspecified atom stereocenters. The molecule has 1 aliphatic heterocycles. The summed E-state index contributed by atoms with van der Waals surface area (Å²) in [7, 11) is 0. The van der Waals surface area contributed by atoms with Crippen LogP contribution < -0.4 is 10.6 Å². The summed E-state index contributed by atoms with van der Waals surface area (Å²) in [4.78, 5) is 16.5. The molecule has 2 heterocycles. The predicted molar refractivity (Wildman–Crippen MR) is 74.1 cm³/mol. The molecule has 0 spiro atoms. The molecule has 1 saturated heterocycles. The summed E-state index contributed by atoms with van der Waals surface area (Å²) in [6, 6.07) is 2.98. The number of hydrogen-bond donors (Lipinski definition) is 3. The van der Waals surface area contributed by atoms with Gasteiger partial charge in [-0.15, -0.1) is 0 Å². The van der Waals surface area contributed by atoms with Crippen molar-refractivity contribution in [1.82, 2.24) is 10.3 Å². The highest BCUT2D eigenvalue weighted by atomic mass is 16.3. The van der Waals surface area contributed by atoms with Crippen LogP contribution in [0.3, 0.4) is 0 Å². The highest BCUT2D eigenvalue weighted by Gasteiger charge is 2.37. The molecule has 0 aromatic carbocycles. The molecular formula is C14H21N3O2. The Morgan fingerprint density at radius 2 is 2.26 bits per heavy atom. The number of rotatable bonds is 2. The van der Waals surface area contributed by atoms with Crippen LogP contribution in [0.2, 0.25) is 0 Å². The molecule has 5 nitrogen and oxygen atoms in total. The molecule has 0 bridgehead atoms. The Morgan fingerprint density at radius 3 is 2.95 bits per heavy atom. The summed E-state index contributed by atoms with van der Waals surface area (Å²) < 4.78 is 0. The number of amides is 1. The van der Waals surface area contributed by atoms with Crippen LogP contribution in [0.5, 0.6) is 5.75 Å². The lowest BCUT2D eigenvalue weighted by Gasteiger charge is -2.38. The van der Waals surface area contributed by atoms with Crippen LogP contribution in [0.1, 0.15) is 32.4 Å². The zero-order valence-electron chi connectivity index (χ0n) is 11.7. The van der Waals surface area contributed by atoms with E-state index in [-0.39, 0.29) is 28.9 Å². The van der Waals surface area contributed by atoms with Crippen molar-refractivity contribution in [2.45, 2.75) is 39.7 Å². The van der Waals surface area contributed by atoms with Crippen LogP contribution in [0.25, 0.3) is 0 Å². The van der Waals surface area contributed by atoms with Crippen molar-refractivity contribution in [3.05, 3.63) is 17.8 Å². The van der Waals surface area contributed by atoms with Crippen LogP contribution in [0.15, 0.2) is 12.1 Å². The maximum absolute atomic E-state index is 12.3. The lowest BCUT2D eigenvalue weighted by molar-refractivity contribution is -0.121. The molecule has 5 heteroatoms. The fraction of sp³-hybridized carbons (Fsp3) is 0.571. The molecule has 0 aliphatic carbocycles. The number of aryl methyl sites for hydroxylation is 1. The van der Waals surface area contributed by atoms with Gasteiger partial charge in [-0.3, -0.25) is 4.79 Å². The highest BCUT2D eigenvalue weighted by Crippen LogP contribution is 2.31. The Balaban J connectivity index is 2.14. The van der Waals surface area contributed by atoms with E-state index in [4.69, 9.17) is 0 Å². The molecule has 1 aromatic heterocycles. The van der Waals surface area contributed by atoms with Gasteiger partial charge in [-0.1, -0.05) is 13.8 Å². The number of carbonyl (C=O) groups is 1. The predicted octanol–water partition coefficient (Wildman–Crippen LogP) is 1.81. The number of nitrogens with one attached hydrogen (secondary N) is 2. The second-order valence-corrected chi connectivity index (χ2v) is 5.79. The SMILES string of the molecule is Cc1ccc(O)c(NC(=O)C2NCCCC2(C)C)n1. The van der Waals surface area contributed by atoms with E-state index in [1.807, 2.05) is 6.92 Å². The molecular weight excluding hydrogens is 242 g/mol. The number of aromatic nitrogens is 1. The second kappa shape index (κ2) is 5.17. The number of anilines is 1. The summed E-state index contributed by atoms with van der Waals surface area (Å²) in [5, 5.41) is 15.7. The van der Waals surface area contributed by atoms with E-state index in [0.717, 1.165) is 25.1 Å². The molecule has 1 fully saturated rings. The Kier molecular flexibility index (Phi) is 3.75. The quantitative estimate of drug-likeness (QED) is 0.761. The average molecular weight is 263 g/mol. The van der Waals surface area contributed by atoms with Crippen molar-refractivity contribution in [3.63, 3.8) is 0 Å². The van der Waals surface area contributed by atoms with Crippen molar-refractivity contribution in [2.75, 3.05) is 11.9 Å². The first kappa shape index (κ1) is 13.8. The third-order valence-corrected chi connectivity index (χ3v) is 3.64. The minimum atomic E-state index is -0.261. The van der Waals surface area contributed by atoms with Crippen LogP contribution in [0.4, 0.5) is 5.82 Å². The number of aromatic hydroxyl groups is 1. The Morgan fingerprint density at radius 1 is 1.53 bits per heavy atom. The van der Waals surface area contributed by atoms with Crippen molar-refractivity contribution in [1.29, 1.82) is 0 Å². The van der Waals surface area contributed by atoms with Gasteiger partial charge in [0.2, 0.25) is 5.91 Å². The van der Waals surface area contributed by atoms with Crippen LogP contribution in [0, 0.1) is 12.3 Å². The van der Waals surface area contributed by atoms with Gasteiger partial charge >= 0.3 is 0 Å². The Hall–Kier alpha value is -1.62. The van der Waals surface area contributed by atoms with E-state index in [1.54, 1.807) is 6.07 Å². The number of carbonyl (C=O) groups excluding carboxylic acids is 1. The number of hydrogen-bond acceptors (Lipinski definition) is 4. The van der Waals surface area contributed by atoms with Gasteiger partial charge in [0.1, 0.15) is 0 Å². The molecule has 1 aromatic rings. The van der Waals surface area contributed by atoms with E-state index in [1.165, 1.54) is 6.07 Å². The average Bonchev–Trinajstić information content (AvgIpc) is 2.33. The zero-order chi connectivity index (χ0) is 14.0. The molecule has 1 atom stereocenters. The molecule has 3 N–H and O–H groups in total. The lowest BCUT2D eigenvalue weighted by Crippen LogP contribution is -2.53. The number of nitrogens with zero attached hydrogens (tertiary/aromatic N) is 1. The van der Waals surface area contributed by atoms with E-state index < -0.39 is 0 Å². The van der Waals surface area contributed by atoms with Gasteiger partial charge in [0.15, 0.2) is 11.6 Å². The number of pyridine rings is 1. The molecule has 2 rings (SSSR count). The first-order valence-electron chi connectivity index (χ1n) is 6.61. The molecule has 19 heavy (non-hydrogen) atoms. The minimum absolute atomic E-state index is 0.00688. The summed E-state index contributed by atoms with van der Waals surface area (Å²) in [5.41, 5.74) is 0.658. The van der Waals surface area contributed by atoms with E-state index in [0.29, 0.717) is 0 Å². The molecule has 1 aliphatic rings. The Labute approximate surface area is 113 Å². The van der Waals surface area contributed by atoms with E-state index >= 15 is 0 Å². The van der Waals surface area contributed by atoms with Crippen LogP contribution in [-0.2, 0) is 4.79 Å². The summed E-state index contributed by atoms with van der Waals surface area (Å²) in [6.45, 7) is 6.81. The maximum Gasteiger partial charge on any atom is 0.243 e. The zero-order valence-corrected chi connectivity index (χ0v) is 11.7. The summed E-state index contributed by atoms with van der Waals surface area (Å²) in [5.74, 6) is 0.0823. The fourth-order valence-electron chi connectivity index (χ4n) is 2.49. The molecule has 0 radical (unpaired) electrons. The fourth-order valence-corrected chi connectivity index (χ4v) is 2.49. The standard InChI is InChI=1S/C14H21N3O2/c1-9-5-6-10(18)12(16-9)17-13(19)11-14(2,3)7-4-8-15-11/h5-6,11,15,18H,4,7-8H2,1-3H3,(H,16,17,19). The molecule has 0 saturated carbocycles. The lowest BCUT2D eigenvalue weighted by atomic mass is 9.77. The highest BCUT2D eigenvalue weighted by molar-refractivity contribution is 5.95. The normalized spacial score (nSPS) is 21.9. The molecule has 104 valence electrons.